The van der Waals surface area contributed by atoms with Gasteiger partial charge in [0.25, 0.3) is 0 Å². The van der Waals surface area contributed by atoms with Crippen LogP contribution in [0.2, 0.25) is 0 Å². The molecule has 0 aliphatic carbocycles. The molecule has 1 amide bonds. The quantitative estimate of drug-likeness (QED) is 0.869. The minimum Gasteiger partial charge on any atom is -0.361 e. The van der Waals surface area contributed by atoms with Crippen LogP contribution in [0.25, 0.3) is 5.52 Å². The predicted octanol–water partition coefficient (Wildman–Crippen LogP) is 1.91. The molecule has 6 nitrogen and oxygen atoms in total. The van der Waals surface area contributed by atoms with Gasteiger partial charge in [-0.25, -0.2) is 9.50 Å². The minimum atomic E-state index is 0.234. The summed E-state index contributed by atoms with van der Waals surface area (Å²) in [6.07, 6.45) is 6.47. The van der Waals surface area contributed by atoms with Crippen molar-refractivity contribution in [3.8, 4) is 0 Å². The van der Waals surface area contributed by atoms with Gasteiger partial charge in [0.15, 0.2) is 5.82 Å². The fraction of sp³-hybridized carbons (Fsp3) is 0.562. The summed E-state index contributed by atoms with van der Waals surface area (Å²) in [5, 5.41) is 4.36. The number of fused-ring (bicyclic) bond motifs is 1. The molecule has 1 aliphatic rings. The molecule has 0 bridgehead atoms. The zero-order chi connectivity index (χ0) is 15.7. The largest absolute Gasteiger partial charge is 0.361 e. The van der Waals surface area contributed by atoms with Crippen molar-refractivity contribution >= 4 is 17.2 Å². The van der Waals surface area contributed by atoms with Crippen LogP contribution in [0.3, 0.4) is 0 Å². The van der Waals surface area contributed by atoms with Crippen LogP contribution in [0.5, 0.6) is 0 Å². The molecule has 118 valence electrons. The topological polar surface area (TPSA) is 53.7 Å². The number of amides is 1. The lowest BCUT2D eigenvalue weighted by atomic mass is 9.94. The summed E-state index contributed by atoms with van der Waals surface area (Å²) in [5.41, 5.74) is 2.03. The Bertz CT molecular complexity index is 678. The highest BCUT2D eigenvalue weighted by molar-refractivity contribution is 5.76. The second-order valence-corrected chi connectivity index (χ2v) is 6.08. The van der Waals surface area contributed by atoms with E-state index in [0.717, 1.165) is 43.0 Å². The zero-order valence-corrected chi connectivity index (χ0v) is 13.5. The number of aromatic nitrogens is 3. The predicted molar refractivity (Wildman–Crippen MR) is 86.2 cm³/mol. The molecule has 0 N–H and O–H groups in total. The number of nitrogens with zero attached hydrogens (tertiary/aromatic N) is 5. The molecule has 3 heterocycles. The summed E-state index contributed by atoms with van der Waals surface area (Å²) in [6, 6.07) is 1.97. The van der Waals surface area contributed by atoms with E-state index >= 15 is 0 Å². The van der Waals surface area contributed by atoms with Gasteiger partial charge in [-0.1, -0.05) is 6.92 Å². The highest BCUT2D eigenvalue weighted by Crippen LogP contribution is 2.28. The van der Waals surface area contributed by atoms with Crippen molar-refractivity contribution in [2.45, 2.75) is 32.1 Å². The molecule has 3 rings (SSSR count). The van der Waals surface area contributed by atoms with Crippen LogP contribution < -0.4 is 4.90 Å². The Morgan fingerprint density at radius 3 is 3.00 bits per heavy atom. The van der Waals surface area contributed by atoms with Gasteiger partial charge in [-0.3, -0.25) is 4.79 Å². The Labute approximate surface area is 130 Å². The fourth-order valence-electron chi connectivity index (χ4n) is 3.12. The van der Waals surface area contributed by atoms with E-state index < -0.39 is 0 Å². The van der Waals surface area contributed by atoms with Gasteiger partial charge in [-0.2, -0.15) is 5.10 Å². The third-order valence-electron chi connectivity index (χ3n) is 4.31. The van der Waals surface area contributed by atoms with E-state index in [1.807, 2.05) is 47.6 Å². The third-order valence-corrected chi connectivity index (χ3v) is 4.31. The Hall–Kier alpha value is -2.11. The summed E-state index contributed by atoms with van der Waals surface area (Å²) in [7, 11) is 3.99. The molecular weight excluding hydrogens is 278 g/mol. The monoisotopic (exact) mass is 301 g/mol. The molecule has 1 atom stereocenters. The van der Waals surface area contributed by atoms with E-state index in [4.69, 9.17) is 4.98 Å². The van der Waals surface area contributed by atoms with Crippen molar-refractivity contribution in [1.29, 1.82) is 0 Å². The first-order valence-electron chi connectivity index (χ1n) is 7.89. The van der Waals surface area contributed by atoms with Crippen molar-refractivity contribution in [2.24, 2.45) is 0 Å². The average Bonchev–Trinajstić information content (AvgIpc) is 3.01. The van der Waals surface area contributed by atoms with Crippen LogP contribution in [-0.4, -0.2) is 52.6 Å². The molecule has 0 saturated carbocycles. The zero-order valence-electron chi connectivity index (χ0n) is 13.5. The van der Waals surface area contributed by atoms with Crippen LogP contribution in [-0.2, 0) is 4.79 Å². The number of anilines is 1. The van der Waals surface area contributed by atoms with E-state index in [9.17, 15) is 4.79 Å². The highest BCUT2D eigenvalue weighted by Gasteiger charge is 2.26. The lowest BCUT2D eigenvalue weighted by molar-refractivity contribution is -0.132. The molecule has 2 aromatic heterocycles. The molecule has 2 aromatic rings. The maximum Gasteiger partial charge on any atom is 0.222 e. The lowest BCUT2D eigenvalue weighted by Crippen LogP contribution is -2.39. The Kier molecular flexibility index (Phi) is 4.00. The molecule has 6 heteroatoms. The Morgan fingerprint density at radius 1 is 1.45 bits per heavy atom. The van der Waals surface area contributed by atoms with Gasteiger partial charge < -0.3 is 9.80 Å². The SMILES string of the molecule is CCC(=O)N1CCCC(c2cn3nccc3c(N(C)C)n2)C1. The van der Waals surface area contributed by atoms with Gasteiger partial charge >= 0.3 is 0 Å². The van der Waals surface area contributed by atoms with Gasteiger partial charge in [0, 0.05) is 39.5 Å². The summed E-state index contributed by atoms with van der Waals surface area (Å²) in [5.74, 6) is 1.45. The Morgan fingerprint density at radius 2 is 2.27 bits per heavy atom. The standard InChI is InChI=1S/C16H23N5O/c1-4-15(22)20-9-5-6-12(10-20)13-11-21-14(7-8-17-21)16(18-13)19(2)3/h7-8,11-12H,4-6,9-10H2,1-3H3. The van der Waals surface area contributed by atoms with E-state index in [-0.39, 0.29) is 11.8 Å². The number of rotatable bonds is 3. The van der Waals surface area contributed by atoms with Crippen molar-refractivity contribution in [2.75, 3.05) is 32.1 Å². The van der Waals surface area contributed by atoms with E-state index in [1.54, 1.807) is 6.20 Å². The lowest BCUT2D eigenvalue weighted by Gasteiger charge is -2.32. The summed E-state index contributed by atoms with van der Waals surface area (Å²) >= 11 is 0. The number of hydrogen-bond donors (Lipinski definition) is 0. The first-order chi connectivity index (χ1) is 10.6. The van der Waals surface area contributed by atoms with Crippen molar-refractivity contribution in [3.05, 3.63) is 24.2 Å². The molecule has 1 aliphatic heterocycles. The second-order valence-electron chi connectivity index (χ2n) is 6.08. The van der Waals surface area contributed by atoms with E-state index in [2.05, 4.69) is 5.10 Å². The van der Waals surface area contributed by atoms with Crippen LogP contribution in [0.1, 0.15) is 37.8 Å². The van der Waals surface area contributed by atoms with Gasteiger partial charge in [0.1, 0.15) is 5.52 Å². The molecule has 22 heavy (non-hydrogen) atoms. The van der Waals surface area contributed by atoms with Gasteiger partial charge in [0.2, 0.25) is 5.91 Å². The maximum atomic E-state index is 12.0. The summed E-state index contributed by atoms with van der Waals surface area (Å²) < 4.78 is 1.89. The summed E-state index contributed by atoms with van der Waals surface area (Å²) in [6.45, 7) is 3.55. The van der Waals surface area contributed by atoms with Gasteiger partial charge in [-0.05, 0) is 18.9 Å². The van der Waals surface area contributed by atoms with Crippen LogP contribution in [0, 0.1) is 0 Å². The first kappa shape index (κ1) is 14.8. The van der Waals surface area contributed by atoms with Gasteiger partial charge in [0.05, 0.1) is 18.1 Å². The molecule has 1 unspecified atom stereocenters. The Balaban J connectivity index is 1.94. The molecule has 0 radical (unpaired) electrons. The molecule has 1 saturated heterocycles. The second kappa shape index (κ2) is 5.94. The number of hydrogen-bond acceptors (Lipinski definition) is 4. The van der Waals surface area contributed by atoms with Crippen LogP contribution >= 0.6 is 0 Å². The van der Waals surface area contributed by atoms with Crippen LogP contribution in [0.4, 0.5) is 5.82 Å². The van der Waals surface area contributed by atoms with Crippen LogP contribution in [0.15, 0.2) is 18.5 Å². The summed E-state index contributed by atoms with van der Waals surface area (Å²) in [4.78, 5) is 20.8. The third kappa shape index (κ3) is 2.65. The van der Waals surface area contributed by atoms with Crippen molar-refractivity contribution < 1.29 is 4.79 Å². The van der Waals surface area contributed by atoms with E-state index in [0.29, 0.717) is 6.42 Å². The normalized spacial score (nSPS) is 18.7. The number of piperidine rings is 1. The number of likely N-dealkylation sites (tertiary alicyclic amines) is 1. The molecule has 0 aromatic carbocycles. The van der Waals surface area contributed by atoms with E-state index in [1.165, 1.54) is 0 Å². The number of carbonyl (C=O) groups is 1. The fourth-order valence-corrected chi connectivity index (χ4v) is 3.12. The first-order valence-corrected chi connectivity index (χ1v) is 7.89. The van der Waals surface area contributed by atoms with Crippen molar-refractivity contribution in [3.63, 3.8) is 0 Å². The molecular formula is C16H23N5O. The van der Waals surface area contributed by atoms with Gasteiger partial charge in [-0.15, -0.1) is 0 Å². The minimum absolute atomic E-state index is 0.234. The van der Waals surface area contributed by atoms with Crippen molar-refractivity contribution in [1.82, 2.24) is 19.5 Å². The average molecular weight is 301 g/mol. The number of carbonyl (C=O) groups excluding carboxylic acids is 1. The smallest absolute Gasteiger partial charge is 0.222 e. The highest BCUT2D eigenvalue weighted by atomic mass is 16.2. The molecule has 0 spiro atoms. The molecule has 1 fully saturated rings. The maximum absolute atomic E-state index is 12.0.